The van der Waals surface area contributed by atoms with Crippen molar-refractivity contribution in [3.05, 3.63) is 10.7 Å². The minimum atomic E-state index is 0.372. The Kier molecular flexibility index (Phi) is 4.17. The van der Waals surface area contributed by atoms with Crippen LogP contribution in [0.25, 0.3) is 0 Å². The molecule has 6 heteroatoms. The Balaban J connectivity index is 2.03. The fraction of sp³-hybridized carbons (Fsp3) is 0.636. The highest BCUT2D eigenvalue weighted by molar-refractivity contribution is 9.10. The number of rotatable bonds is 4. The number of hydrogen-bond acceptors (Lipinski definition) is 5. The number of hydrogen-bond donors (Lipinski definition) is 2. The minimum absolute atomic E-state index is 0.372. The fourth-order valence-corrected chi connectivity index (χ4v) is 2.37. The molecule has 0 aromatic carbocycles. The third kappa shape index (κ3) is 3.07. The maximum Gasteiger partial charge on any atom is 0.224 e. The molecule has 5 nitrogen and oxygen atoms in total. The lowest BCUT2D eigenvalue weighted by Crippen LogP contribution is -2.18. The third-order valence-corrected chi connectivity index (χ3v) is 3.61. The van der Waals surface area contributed by atoms with E-state index in [0.717, 1.165) is 29.6 Å². The van der Waals surface area contributed by atoms with Crippen molar-refractivity contribution in [2.75, 3.05) is 24.8 Å². The van der Waals surface area contributed by atoms with Gasteiger partial charge in [0.1, 0.15) is 5.82 Å². The van der Waals surface area contributed by atoms with Crippen molar-refractivity contribution >= 4 is 27.7 Å². The van der Waals surface area contributed by atoms with Gasteiger partial charge in [0.25, 0.3) is 0 Å². The molecule has 2 rings (SSSR count). The van der Waals surface area contributed by atoms with Crippen molar-refractivity contribution < 1.29 is 4.74 Å². The molecule has 94 valence electrons. The summed E-state index contributed by atoms with van der Waals surface area (Å²) in [6.07, 6.45) is 5.38. The lowest BCUT2D eigenvalue weighted by atomic mass is 10.2. The Hall–Kier alpha value is -0.880. The first kappa shape index (κ1) is 12.6. The molecule has 0 amide bonds. The Bertz CT molecular complexity index is 388. The average Bonchev–Trinajstić information content (AvgIpc) is 2.80. The molecule has 1 aromatic rings. The number of nitrogens with zero attached hydrogens (tertiary/aromatic N) is 2. The molecule has 2 atom stereocenters. The van der Waals surface area contributed by atoms with E-state index in [9.17, 15) is 0 Å². The van der Waals surface area contributed by atoms with Gasteiger partial charge in [0.05, 0.1) is 10.6 Å². The summed E-state index contributed by atoms with van der Waals surface area (Å²) in [6, 6.07) is 0.427. The Morgan fingerprint density at radius 2 is 2.29 bits per heavy atom. The molecule has 0 aliphatic heterocycles. The molecule has 1 aliphatic rings. The second-order valence-corrected chi connectivity index (χ2v) is 5.01. The van der Waals surface area contributed by atoms with Gasteiger partial charge >= 0.3 is 0 Å². The quantitative estimate of drug-likeness (QED) is 0.893. The third-order valence-electron chi connectivity index (χ3n) is 3.03. The molecule has 1 aromatic heterocycles. The summed E-state index contributed by atoms with van der Waals surface area (Å²) in [6.45, 7) is 0. The smallest absolute Gasteiger partial charge is 0.224 e. The summed E-state index contributed by atoms with van der Waals surface area (Å²) in [7, 11) is 3.58. The first-order valence-corrected chi connectivity index (χ1v) is 6.52. The first-order valence-electron chi connectivity index (χ1n) is 5.72. The van der Waals surface area contributed by atoms with Crippen LogP contribution in [0.1, 0.15) is 19.3 Å². The van der Waals surface area contributed by atoms with Gasteiger partial charge in [-0.15, -0.1) is 0 Å². The molecule has 1 aliphatic carbocycles. The van der Waals surface area contributed by atoms with Gasteiger partial charge < -0.3 is 15.4 Å². The van der Waals surface area contributed by atoms with E-state index in [1.807, 2.05) is 7.05 Å². The van der Waals surface area contributed by atoms with Gasteiger partial charge in [-0.25, -0.2) is 4.98 Å². The second-order valence-electron chi connectivity index (χ2n) is 4.15. The molecule has 0 radical (unpaired) electrons. The van der Waals surface area contributed by atoms with Crippen LogP contribution in [0.3, 0.4) is 0 Å². The van der Waals surface area contributed by atoms with E-state index in [-0.39, 0.29) is 0 Å². The lowest BCUT2D eigenvalue weighted by Gasteiger charge is -2.15. The summed E-state index contributed by atoms with van der Waals surface area (Å²) in [5.74, 6) is 1.46. The van der Waals surface area contributed by atoms with Crippen LogP contribution >= 0.6 is 15.9 Å². The van der Waals surface area contributed by atoms with E-state index >= 15 is 0 Å². The van der Waals surface area contributed by atoms with Crippen LogP contribution in [0.2, 0.25) is 0 Å². The van der Waals surface area contributed by atoms with Crippen LogP contribution in [-0.4, -0.2) is 36.3 Å². The van der Waals surface area contributed by atoms with E-state index < -0.39 is 0 Å². The molecular weight excluding hydrogens is 284 g/mol. The van der Waals surface area contributed by atoms with E-state index in [1.165, 1.54) is 0 Å². The predicted molar refractivity (Wildman–Crippen MR) is 71.3 cm³/mol. The van der Waals surface area contributed by atoms with Gasteiger partial charge in [-0.1, -0.05) is 0 Å². The van der Waals surface area contributed by atoms with E-state index in [0.29, 0.717) is 18.1 Å². The van der Waals surface area contributed by atoms with E-state index in [2.05, 4.69) is 36.5 Å². The number of halogens is 1. The number of aromatic nitrogens is 2. The van der Waals surface area contributed by atoms with Gasteiger partial charge in [-0.2, -0.15) is 4.98 Å². The topological polar surface area (TPSA) is 59.1 Å². The number of anilines is 2. The van der Waals surface area contributed by atoms with Crippen LogP contribution in [-0.2, 0) is 4.74 Å². The monoisotopic (exact) mass is 300 g/mol. The molecule has 1 heterocycles. The van der Waals surface area contributed by atoms with Crippen LogP contribution in [0.15, 0.2) is 10.7 Å². The summed E-state index contributed by atoms with van der Waals surface area (Å²) >= 11 is 3.45. The SMILES string of the molecule is CNc1ncc(Br)c(NC2CCC(OC)C2)n1. The van der Waals surface area contributed by atoms with Crippen LogP contribution < -0.4 is 10.6 Å². The van der Waals surface area contributed by atoms with E-state index in [1.54, 1.807) is 13.3 Å². The van der Waals surface area contributed by atoms with Gasteiger partial charge in [-0.05, 0) is 35.2 Å². The largest absolute Gasteiger partial charge is 0.381 e. The molecule has 1 saturated carbocycles. The molecular formula is C11H17BrN4O. The second kappa shape index (κ2) is 5.64. The summed E-state index contributed by atoms with van der Waals surface area (Å²) in [5.41, 5.74) is 0. The molecule has 17 heavy (non-hydrogen) atoms. The van der Waals surface area contributed by atoms with Crippen molar-refractivity contribution in [1.29, 1.82) is 0 Å². The number of methoxy groups -OCH3 is 1. The van der Waals surface area contributed by atoms with E-state index in [4.69, 9.17) is 4.74 Å². The maximum absolute atomic E-state index is 5.36. The summed E-state index contributed by atoms with van der Waals surface area (Å²) < 4.78 is 6.24. The fourth-order valence-electron chi connectivity index (χ4n) is 2.07. The van der Waals surface area contributed by atoms with Gasteiger partial charge in [0.2, 0.25) is 5.95 Å². The zero-order valence-corrected chi connectivity index (χ0v) is 11.6. The number of ether oxygens (including phenoxy) is 1. The molecule has 1 fully saturated rings. The van der Waals surface area contributed by atoms with Crippen molar-refractivity contribution in [2.24, 2.45) is 0 Å². The normalized spacial score (nSPS) is 23.7. The van der Waals surface area contributed by atoms with Gasteiger partial charge in [-0.3, -0.25) is 0 Å². The Morgan fingerprint density at radius 3 is 2.94 bits per heavy atom. The maximum atomic E-state index is 5.36. The highest BCUT2D eigenvalue weighted by atomic mass is 79.9. The Labute approximate surface area is 110 Å². The van der Waals surface area contributed by atoms with Crippen molar-refractivity contribution in [3.8, 4) is 0 Å². The van der Waals surface area contributed by atoms with Gasteiger partial charge in [0, 0.05) is 26.4 Å². The highest BCUT2D eigenvalue weighted by Crippen LogP contribution is 2.27. The molecule has 2 unspecified atom stereocenters. The zero-order valence-electron chi connectivity index (χ0n) is 10.0. The van der Waals surface area contributed by atoms with Crippen molar-refractivity contribution in [3.63, 3.8) is 0 Å². The van der Waals surface area contributed by atoms with Crippen LogP contribution in [0.4, 0.5) is 11.8 Å². The highest BCUT2D eigenvalue weighted by Gasteiger charge is 2.25. The number of nitrogens with one attached hydrogen (secondary N) is 2. The Morgan fingerprint density at radius 1 is 1.47 bits per heavy atom. The standard InChI is InChI=1S/C11H17BrN4O/c1-13-11-14-6-9(12)10(16-11)15-7-3-4-8(5-7)17-2/h6-8H,3-5H2,1-2H3,(H2,13,14,15,16). The summed E-state index contributed by atoms with van der Waals surface area (Å²) in [5, 5.41) is 6.36. The van der Waals surface area contributed by atoms with Crippen molar-refractivity contribution in [1.82, 2.24) is 9.97 Å². The van der Waals surface area contributed by atoms with Crippen LogP contribution in [0, 0.1) is 0 Å². The molecule has 2 N–H and O–H groups in total. The van der Waals surface area contributed by atoms with Crippen molar-refractivity contribution in [2.45, 2.75) is 31.4 Å². The van der Waals surface area contributed by atoms with Gasteiger partial charge in [0.15, 0.2) is 0 Å². The minimum Gasteiger partial charge on any atom is -0.381 e. The summed E-state index contributed by atoms with van der Waals surface area (Å²) in [4.78, 5) is 8.51. The van der Waals surface area contributed by atoms with Crippen LogP contribution in [0.5, 0.6) is 0 Å². The molecule has 0 saturated heterocycles. The predicted octanol–water partition coefficient (Wildman–Crippen LogP) is 2.26. The lowest BCUT2D eigenvalue weighted by molar-refractivity contribution is 0.108. The average molecular weight is 301 g/mol. The zero-order chi connectivity index (χ0) is 12.3. The molecule has 0 bridgehead atoms. The first-order chi connectivity index (χ1) is 8.22. The molecule has 0 spiro atoms.